The molecule has 0 saturated heterocycles. The molecular weight excluding hydrogens is 244 g/mol. The molecule has 0 aliphatic heterocycles. The summed E-state index contributed by atoms with van der Waals surface area (Å²) in [6, 6.07) is 6.25. The van der Waals surface area contributed by atoms with E-state index in [2.05, 4.69) is 5.32 Å². The van der Waals surface area contributed by atoms with E-state index in [1.54, 1.807) is 24.3 Å². The van der Waals surface area contributed by atoms with Gasteiger partial charge in [-0.25, -0.2) is 0 Å². The monoisotopic (exact) mass is 264 g/mol. The summed E-state index contributed by atoms with van der Waals surface area (Å²) in [5.74, 6) is -1.29. The third-order valence-corrected chi connectivity index (χ3v) is 2.93. The minimum Gasteiger partial charge on any atom is -0.481 e. The molecule has 1 amide bonds. The number of para-hydroxylation sites is 1. The molecule has 0 spiro atoms. The molecule has 1 unspecified atom stereocenters. The quantitative estimate of drug-likeness (QED) is 0.724. The Hall–Kier alpha value is -2.04. The number of aliphatic carboxylic acids is 1. The van der Waals surface area contributed by atoms with Crippen LogP contribution >= 0.6 is 0 Å². The normalized spacial score (nSPS) is 12.8. The van der Waals surface area contributed by atoms with Gasteiger partial charge < -0.3 is 16.2 Å². The first-order valence-corrected chi connectivity index (χ1v) is 6.09. The van der Waals surface area contributed by atoms with Gasteiger partial charge in [0.05, 0.1) is 12.0 Å². The van der Waals surface area contributed by atoms with E-state index in [1.807, 2.05) is 20.8 Å². The summed E-state index contributed by atoms with van der Waals surface area (Å²) < 4.78 is 0. The number of rotatable bonds is 4. The molecule has 1 aromatic carbocycles. The average molecular weight is 264 g/mol. The zero-order valence-corrected chi connectivity index (χ0v) is 11.4. The van der Waals surface area contributed by atoms with E-state index in [0.717, 1.165) is 0 Å². The van der Waals surface area contributed by atoms with E-state index in [1.165, 1.54) is 0 Å². The largest absolute Gasteiger partial charge is 0.481 e. The number of carboxylic acid groups (broad SMARTS) is 1. The number of nitrogens with two attached hydrogens (primary N) is 1. The van der Waals surface area contributed by atoms with Crippen molar-refractivity contribution in [3.63, 3.8) is 0 Å². The summed E-state index contributed by atoms with van der Waals surface area (Å²) in [5.41, 5.74) is 6.12. The smallest absolute Gasteiger partial charge is 0.305 e. The highest BCUT2D eigenvalue weighted by Crippen LogP contribution is 2.23. The highest BCUT2D eigenvalue weighted by molar-refractivity contribution is 5.99. The molecule has 4 N–H and O–H groups in total. The predicted molar refractivity (Wildman–Crippen MR) is 73.8 cm³/mol. The number of benzene rings is 1. The number of carboxylic acids is 1. The van der Waals surface area contributed by atoms with Gasteiger partial charge in [-0.1, -0.05) is 32.9 Å². The fourth-order valence-corrected chi connectivity index (χ4v) is 1.69. The molecule has 1 rings (SSSR count). The van der Waals surface area contributed by atoms with Crippen molar-refractivity contribution in [3.05, 3.63) is 29.8 Å². The van der Waals surface area contributed by atoms with Gasteiger partial charge in [0.15, 0.2) is 0 Å². The lowest BCUT2D eigenvalue weighted by Gasteiger charge is -2.30. The molecule has 0 fully saturated rings. The van der Waals surface area contributed by atoms with E-state index in [-0.39, 0.29) is 17.7 Å². The first kappa shape index (κ1) is 15.0. The lowest BCUT2D eigenvalue weighted by molar-refractivity contribution is -0.138. The molecule has 0 radical (unpaired) electrons. The molecule has 1 atom stereocenters. The number of anilines is 1. The maximum absolute atomic E-state index is 12.1. The van der Waals surface area contributed by atoms with Gasteiger partial charge in [-0.15, -0.1) is 0 Å². The Bertz CT molecular complexity index is 478. The highest BCUT2D eigenvalue weighted by atomic mass is 16.4. The van der Waals surface area contributed by atoms with E-state index in [0.29, 0.717) is 11.3 Å². The van der Waals surface area contributed by atoms with Gasteiger partial charge in [-0.2, -0.15) is 0 Å². The molecule has 5 heteroatoms. The van der Waals surface area contributed by atoms with Crippen LogP contribution < -0.4 is 11.1 Å². The van der Waals surface area contributed by atoms with Crippen LogP contribution in [-0.2, 0) is 4.79 Å². The molecule has 0 aliphatic rings. The summed E-state index contributed by atoms with van der Waals surface area (Å²) in [6.45, 7) is 5.65. The van der Waals surface area contributed by atoms with Crippen LogP contribution in [-0.4, -0.2) is 23.0 Å². The van der Waals surface area contributed by atoms with Crippen LogP contribution in [0.5, 0.6) is 0 Å². The van der Waals surface area contributed by atoms with Gasteiger partial charge in [-0.05, 0) is 17.5 Å². The third kappa shape index (κ3) is 4.28. The van der Waals surface area contributed by atoms with Crippen molar-refractivity contribution in [1.29, 1.82) is 0 Å². The van der Waals surface area contributed by atoms with E-state index < -0.39 is 12.0 Å². The standard InChI is InChI=1S/C14H20N2O3/c1-14(2,3)11(8-12(17)18)16-13(19)9-6-4-5-7-10(9)15/h4-7,11H,8,15H2,1-3H3,(H,16,19)(H,17,18). The number of nitrogens with one attached hydrogen (secondary N) is 1. The van der Waals surface area contributed by atoms with Crippen LogP contribution in [0.15, 0.2) is 24.3 Å². The minimum atomic E-state index is -0.943. The zero-order valence-electron chi connectivity index (χ0n) is 11.4. The predicted octanol–water partition coefficient (Wildman–Crippen LogP) is 1.89. The van der Waals surface area contributed by atoms with E-state index in [9.17, 15) is 9.59 Å². The molecule has 19 heavy (non-hydrogen) atoms. The Balaban J connectivity index is 2.88. The first-order valence-electron chi connectivity index (χ1n) is 6.09. The van der Waals surface area contributed by atoms with Crippen LogP contribution in [0.3, 0.4) is 0 Å². The van der Waals surface area contributed by atoms with Crippen LogP contribution in [0.2, 0.25) is 0 Å². The Labute approximate surface area is 112 Å². The topological polar surface area (TPSA) is 92.4 Å². The van der Waals surface area contributed by atoms with Crippen molar-refractivity contribution in [3.8, 4) is 0 Å². The van der Waals surface area contributed by atoms with E-state index >= 15 is 0 Å². The highest BCUT2D eigenvalue weighted by Gasteiger charge is 2.29. The van der Waals surface area contributed by atoms with Gasteiger partial charge in [0, 0.05) is 11.7 Å². The Morgan fingerprint density at radius 2 is 1.89 bits per heavy atom. The van der Waals surface area contributed by atoms with Crippen molar-refractivity contribution < 1.29 is 14.7 Å². The minimum absolute atomic E-state index is 0.123. The van der Waals surface area contributed by atoms with Gasteiger partial charge in [0.1, 0.15) is 0 Å². The zero-order chi connectivity index (χ0) is 14.6. The summed E-state index contributed by atoms with van der Waals surface area (Å²) in [4.78, 5) is 23.0. The van der Waals surface area contributed by atoms with Crippen molar-refractivity contribution in [2.24, 2.45) is 5.41 Å². The fourth-order valence-electron chi connectivity index (χ4n) is 1.69. The molecule has 0 aliphatic carbocycles. The molecule has 0 aromatic heterocycles. The summed E-state index contributed by atoms with van der Waals surface area (Å²) in [5, 5.41) is 11.7. The van der Waals surface area contributed by atoms with Gasteiger partial charge in [0.2, 0.25) is 0 Å². The second-order valence-electron chi connectivity index (χ2n) is 5.58. The summed E-state index contributed by atoms with van der Waals surface area (Å²) in [6.07, 6.45) is -0.123. The summed E-state index contributed by atoms with van der Waals surface area (Å²) >= 11 is 0. The van der Waals surface area contributed by atoms with Crippen molar-refractivity contribution in [1.82, 2.24) is 5.32 Å². The Morgan fingerprint density at radius 3 is 2.37 bits per heavy atom. The molecule has 5 nitrogen and oxygen atoms in total. The second-order valence-corrected chi connectivity index (χ2v) is 5.58. The number of amides is 1. The molecule has 0 saturated carbocycles. The number of carbonyl (C=O) groups excluding carboxylic acids is 1. The van der Waals surface area contributed by atoms with Crippen LogP contribution in [0.1, 0.15) is 37.6 Å². The van der Waals surface area contributed by atoms with Crippen molar-refractivity contribution >= 4 is 17.6 Å². The molecule has 1 aromatic rings. The SMILES string of the molecule is CC(C)(C)C(CC(=O)O)NC(=O)c1ccccc1N. The fraction of sp³-hybridized carbons (Fsp3) is 0.429. The lowest BCUT2D eigenvalue weighted by Crippen LogP contribution is -2.45. The average Bonchev–Trinajstić information content (AvgIpc) is 2.26. The van der Waals surface area contributed by atoms with Gasteiger partial charge in [-0.3, -0.25) is 9.59 Å². The maximum atomic E-state index is 12.1. The molecule has 0 bridgehead atoms. The van der Waals surface area contributed by atoms with E-state index in [4.69, 9.17) is 10.8 Å². The Morgan fingerprint density at radius 1 is 1.32 bits per heavy atom. The Kier molecular flexibility index (Phi) is 4.53. The summed E-state index contributed by atoms with van der Waals surface area (Å²) in [7, 11) is 0. The van der Waals surface area contributed by atoms with Crippen molar-refractivity contribution in [2.45, 2.75) is 33.2 Å². The van der Waals surface area contributed by atoms with Gasteiger partial charge >= 0.3 is 5.97 Å². The number of hydrogen-bond acceptors (Lipinski definition) is 3. The number of nitrogen functional groups attached to an aromatic ring is 1. The lowest BCUT2D eigenvalue weighted by atomic mass is 9.84. The van der Waals surface area contributed by atoms with Crippen LogP contribution in [0.25, 0.3) is 0 Å². The second kappa shape index (κ2) is 5.73. The molecular formula is C14H20N2O3. The van der Waals surface area contributed by atoms with Gasteiger partial charge in [0.25, 0.3) is 5.91 Å². The van der Waals surface area contributed by atoms with Crippen molar-refractivity contribution in [2.75, 3.05) is 5.73 Å². The molecule has 104 valence electrons. The van der Waals surface area contributed by atoms with Crippen LogP contribution in [0.4, 0.5) is 5.69 Å². The first-order chi connectivity index (χ1) is 8.71. The third-order valence-electron chi connectivity index (χ3n) is 2.93. The maximum Gasteiger partial charge on any atom is 0.305 e. The molecule has 0 heterocycles. The number of carbonyl (C=O) groups is 2. The number of hydrogen-bond donors (Lipinski definition) is 3. The van der Waals surface area contributed by atoms with Crippen LogP contribution in [0, 0.1) is 5.41 Å².